The highest BCUT2D eigenvalue weighted by Gasteiger charge is 2.15. The first-order valence-corrected chi connectivity index (χ1v) is 5.40. The van der Waals surface area contributed by atoms with E-state index in [-0.39, 0.29) is 12.2 Å². The third-order valence-electron chi connectivity index (χ3n) is 2.99. The number of aromatic nitrogens is 3. The Balaban J connectivity index is 2.32. The second-order valence-electron chi connectivity index (χ2n) is 4.14. The molecule has 0 radical (unpaired) electrons. The van der Waals surface area contributed by atoms with Gasteiger partial charge >= 0.3 is 5.97 Å². The quantitative estimate of drug-likeness (QED) is 0.748. The van der Waals surface area contributed by atoms with E-state index < -0.39 is 5.97 Å². The largest absolute Gasteiger partial charge is 0.481 e. The number of halogens is 1. The number of carbonyl (C=O) groups is 1. The second-order valence-corrected chi connectivity index (χ2v) is 4.14. The minimum Gasteiger partial charge on any atom is -0.481 e. The molecule has 1 N–H and O–H groups in total. The number of carboxylic acid groups (broad SMARTS) is 1. The lowest BCUT2D eigenvalue weighted by molar-refractivity contribution is -0.136. The molecule has 0 amide bonds. The van der Waals surface area contributed by atoms with Gasteiger partial charge in [0.25, 0.3) is 0 Å². The van der Waals surface area contributed by atoms with Crippen LogP contribution in [0, 0.1) is 5.82 Å². The van der Waals surface area contributed by atoms with E-state index in [2.05, 4.69) is 4.98 Å². The van der Waals surface area contributed by atoms with Crippen molar-refractivity contribution >= 4 is 22.8 Å². The van der Waals surface area contributed by atoms with Gasteiger partial charge in [-0.25, -0.2) is 9.37 Å². The number of hydrogen-bond acceptors (Lipinski definition) is 2. The summed E-state index contributed by atoms with van der Waals surface area (Å²) < 4.78 is 16.9. The van der Waals surface area contributed by atoms with Crippen molar-refractivity contribution < 1.29 is 14.3 Å². The Labute approximate surface area is 101 Å². The Morgan fingerprint density at radius 3 is 3.00 bits per heavy atom. The SMILES string of the molecule is Cn1c(CC(=O)O)cn2c3cccc(F)c3nc12. The van der Waals surface area contributed by atoms with Crippen LogP contribution in [0.25, 0.3) is 16.8 Å². The molecule has 0 saturated carbocycles. The first-order valence-electron chi connectivity index (χ1n) is 5.40. The van der Waals surface area contributed by atoms with Crippen LogP contribution in [0.15, 0.2) is 24.4 Å². The summed E-state index contributed by atoms with van der Waals surface area (Å²) in [4.78, 5) is 14.9. The fraction of sp³-hybridized carbons (Fsp3) is 0.167. The van der Waals surface area contributed by atoms with Crippen molar-refractivity contribution in [3.63, 3.8) is 0 Å². The monoisotopic (exact) mass is 247 g/mol. The minimum absolute atomic E-state index is 0.0866. The predicted octanol–water partition coefficient (Wildman–Crippen LogP) is 1.59. The van der Waals surface area contributed by atoms with E-state index in [1.165, 1.54) is 6.07 Å². The van der Waals surface area contributed by atoms with Gasteiger partial charge in [-0.3, -0.25) is 9.20 Å². The van der Waals surface area contributed by atoms with Crippen molar-refractivity contribution in [1.82, 2.24) is 14.0 Å². The molecule has 0 saturated heterocycles. The van der Waals surface area contributed by atoms with Crippen molar-refractivity contribution in [1.29, 1.82) is 0 Å². The Morgan fingerprint density at radius 2 is 2.28 bits per heavy atom. The maximum absolute atomic E-state index is 13.6. The molecule has 6 heteroatoms. The highest BCUT2D eigenvalue weighted by atomic mass is 19.1. The number of carboxylic acids is 1. The molecule has 0 bridgehead atoms. The zero-order valence-corrected chi connectivity index (χ0v) is 9.59. The Morgan fingerprint density at radius 1 is 1.50 bits per heavy atom. The normalized spacial score (nSPS) is 11.4. The number of aliphatic carboxylic acids is 1. The minimum atomic E-state index is -0.908. The summed E-state index contributed by atoms with van der Waals surface area (Å²) in [6.45, 7) is 0. The molecular weight excluding hydrogens is 237 g/mol. The highest BCUT2D eigenvalue weighted by molar-refractivity contribution is 5.80. The standard InChI is InChI=1S/C12H10FN3O2/c1-15-7(5-10(17)18)6-16-9-4-2-3-8(13)11(9)14-12(15)16/h2-4,6H,5H2,1H3,(H,17,18). The molecule has 0 aliphatic carbocycles. The highest BCUT2D eigenvalue weighted by Crippen LogP contribution is 2.21. The molecule has 5 nitrogen and oxygen atoms in total. The van der Waals surface area contributed by atoms with E-state index in [1.54, 1.807) is 34.3 Å². The van der Waals surface area contributed by atoms with Crippen LogP contribution in [0.1, 0.15) is 5.69 Å². The summed E-state index contributed by atoms with van der Waals surface area (Å²) >= 11 is 0. The summed E-state index contributed by atoms with van der Waals surface area (Å²) in [6.07, 6.45) is 1.59. The molecule has 1 aromatic carbocycles. The molecular formula is C12H10FN3O2. The van der Waals surface area contributed by atoms with E-state index in [0.29, 0.717) is 22.5 Å². The van der Waals surface area contributed by atoms with Gasteiger partial charge in [0, 0.05) is 18.9 Å². The third-order valence-corrected chi connectivity index (χ3v) is 2.99. The fourth-order valence-corrected chi connectivity index (χ4v) is 2.12. The summed E-state index contributed by atoms with van der Waals surface area (Å²) in [5.74, 6) is -0.753. The van der Waals surface area contributed by atoms with Crippen molar-refractivity contribution in [2.24, 2.45) is 7.05 Å². The number of fused-ring (bicyclic) bond motifs is 3. The van der Waals surface area contributed by atoms with Crippen LogP contribution in [-0.4, -0.2) is 25.0 Å². The van der Waals surface area contributed by atoms with Gasteiger partial charge in [0.05, 0.1) is 11.9 Å². The molecule has 2 heterocycles. The average Bonchev–Trinajstić information content (AvgIpc) is 2.80. The van der Waals surface area contributed by atoms with Crippen LogP contribution < -0.4 is 0 Å². The number of benzene rings is 1. The average molecular weight is 247 g/mol. The van der Waals surface area contributed by atoms with Gasteiger partial charge in [-0.2, -0.15) is 0 Å². The zero-order chi connectivity index (χ0) is 12.9. The molecule has 18 heavy (non-hydrogen) atoms. The molecule has 2 aromatic heterocycles. The van der Waals surface area contributed by atoms with Crippen LogP contribution >= 0.6 is 0 Å². The van der Waals surface area contributed by atoms with E-state index in [1.807, 2.05) is 0 Å². The third kappa shape index (κ3) is 1.38. The van der Waals surface area contributed by atoms with Crippen LogP contribution in [0.2, 0.25) is 0 Å². The predicted molar refractivity (Wildman–Crippen MR) is 63.0 cm³/mol. The van der Waals surface area contributed by atoms with Gasteiger partial charge in [0.15, 0.2) is 5.82 Å². The molecule has 3 aromatic rings. The fourth-order valence-electron chi connectivity index (χ4n) is 2.12. The van der Waals surface area contributed by atoms with Gasteiger partial charge in [-0.1, -0.05) is 6.07 Å². The lowest BCUT2D eigenvalue weighted by atomic mass is 10.3. The molecule has 0 atom stereocenters. The van der Waals surface area contributed by atoms with Crippen LogP contribution in [0.3, 0.4) is 0 Å². The Bertz CT molecular complexity index is 772. The Hall–Kier alpha value is -2.37. The van der Waals surface area contributed by atoms with Crippen molar-refractivity contribution in [3.05, 3.63) is 35.9 Å². The molecule has 0 spiro atoms. The van der Waals surface area contributed by atoms with Gasteiger partial charge < -0.3 is 9.67 Å². The summed E-state index contributed by atoms with van der Waals surface area (Å²) in [7, 11) is 1.72. The summed E-state index contributed by atoms with van der Waals surface area (Å²) in [5.41, 5.74) is 1.55. The van der Waals surface area contributed by atoms with Gasteiger partial charge in [-0.05, 0) is 12.1 Å². The molecule has 0 unspecified atom stereocenters. The number of imidazole rings is 2. The zero-order valence-electron chi connectivity index (χ0n) is 9.59. The number of nitrogens with zero attached hydrogens (tertiary/aromatic N) is 3. The van der Waals surface area contributed by atoms with E-state index in [0.717, 1.165) is 0 Å². The lowest BCUT2D eigenvalue weighted by Crippen LogP contribution is -2.05. The van der Waals surface area contributed by atoms with E-state index in [4.69, 9.17) is 5.11 Å². The van der Waals surface area contributed by atoms with Crippen LogP contribution in [0.4, 0.5) is 4.39 Å². The summed E-state index contributed by atoms with van der Waals surface area (Å²) in [5, 5.41) is 8.81. The first kappa shape index (κ1) is 10.8. The van der Waals surface area contributed by atoms with Crippen LogP contribution in [0.5, 0.6) is 0 Å². The molecule has 0 aliphatic rings. The number of para-hydroxylation sites is 1. The Kier molecular flexibility index (Phi) is 2.13. The van der Waals surface area contributed by atoms with Gasteiger partial charge in [0.1, 0.15) is 5.52 Å². The molecule has 3 rings (SSSR count). The molecule has 0 fully saturated rings. The molecule has 92 valence electrons. The summed E-state index contributed by atoms with van der Waals surface area (Å²) in [6, 6.07) is 4.71. The lowest BCUT2D eigenvalue weighted by Gasteiger charge is -1.97. The number of rotatable bonds is 2. The maximum atomic E-state index is 13.6. The van der Waals surface area contributed by atoms with Gasteiger partial charge in [-0.15, -0.1) is 0 Å². The maximum Gasteiger partial charge on any atom is 0.309 e. The second kappa shape index (κ2) is 3.56. The first-order chi connectivity index (χ1) is 8.58. The van der Waals surface area contributed by atoms with Crippen molar-refractivity contribution in [2.45, 2.75) is 6.42 Å². The van der Waals surface area contributed by atoms with Gasteiger partial charge in [0.2, 0.25) is 5.78 Å². The van der Waals surface area contributed by atoms with Crippen molar-refractivity contribution in [2.75, 3.05) is 0 Å². The van der Waals surface area contributed by atoms with E-state index >= 15 is 0 Å². The van der Waals surface area contributed by atoms with Crippen LogP contribution in [-0.2, 0) is 18.3 Å². The van der Waals surface area contributed by atoms with E-state index in [9.17, 15) is 9.18 Å². The number of hydrogen-bond donors (Lipinski definition) is 1. The molecule has 0 aliphatic heterocycles. The topological polar surface area (TPSA) is 59.5 Å². The smallest absolute Gasteiger partial charge is 0.309 e. The number of aryl methyl sites for hydroxylation is 1. The van der Waals surface area contributed by atoms with Crippen molar-refractivity contribution in [3.8, 4) is 0 Å².